The van der Waals surface area contributed by atoms with Crippen LogP contribution in [-0.4, -0.2) is 64.4 Å². The predicted molar refractivity (Wildman–Crippen MR) is 116 cm³/mol. The van der Waals surface area contributed by atoms with Gasteiger partial charge in [-0.3, -0.25) is 9.89 Å². The minimum absolute atomic E-state index is 0.311. The highest BCUT2D eigenvalue weighted by Crippen LogP contribution is 2.27. The van der Waals surface area contributed by atoms with Crippen LogP contribution in [0.5, 0.6) is 5.75 Å². The van der Waals surface area contributed by atoms with E-state index in [0.29, 0.717) is 6.04 Å². The second kappa shape index (κ2) is 13.4. The summed E-state index contributed by atoms with van der Waals surface area (Å²) in [5.41, 5.74) is 1.31. The van der Waals surface area contributed by atoms with Crippen LogP contribution < -0.4 is 15.4 Å². The topological polar surface area (TPSA) is 58.1 Å². The van der Waals surface area contributed by atoms with Gasteiger partial charge in [0.15, 0.2) is 5.96 Å². The predicted octanol–water partition coefficient (Wildman–Crippen LogP) is 3.20. The van der Waals surface area contributed by atoms with Crippen LogP contribution in [-0.2, 0) is 4.74 Å². The number of rotatable bonds is 12. The molecule has 1 heterocycles. The van der Waals surface area contributed by atoms with E-state index in [9.17, 15) is 0 Å². The first-order valence-electron chi connectivity index (χ1n) is 10.7. The van der Waals surface area contributed by atoms with E-state index in [0.717, 1.165) is 63.9 Å². The molecule has 0 aliphatic carbocycles. The van der Waals surface area contributed by atoms with Crippen LogP contribution >= 0.6 is 0 Å². The lowest BCUT2D eigenvalue weighted by atomic mass is 10.1. The molecule has 0 spiro atoms. The third-order valence-corrected chi connectivity index (χ3v) is 5.17. The number of benzene rings is 1. The Morgan fingerprint density at radius 3 is 2.46 bits per heavy atom. The Labute approximate surface area is 170 Å². The highest BCUT2D eigenvalue weighted by Gasteiger charge is 2.23. The SMILES string of the molecule is CCNC(=NCC(c1ccc(OC)cc1)N1CCCC1)NCCCCCOC. The zero-order valence-corrected chi connectivity index (χ0v) is 17.9. The number of methoxy groups -OCH3 is 2. The highest BCUT2D eigenvalue weighted by atomic mass is 16.5. The molecule has 6 heteroatoms. The summed E-state index contributed by atoms with van der Waals surface area (Å²) in [7, 11) is 3.47. The van der Waals surface area contributed by atoms with E-state index in [2.05, 4.69) is 34.6 Å². The van der Waals surface area contributed by atoms with Gasteiger partial charge < -0.3 is 20.1 Å². The maximum atomic E-state index is 5.31. The maximum absolute atomic E-state index is 5.31. The number of nitrogens with one attached hydrogen (secondary N) is 2. The molecule has 1 aliphatic heterocycles. The van der Waals surface area contributed by atoms with Crippen LogP contribution in [0.3, 0.4) is 0 Å². The van der Waals surface area contributed by atoms with Crippen molar-refractivity contribution >= 4 is 5.96 Å². The molecule has 158 valence electrons. The number of unbranched alkanes of at least 4 members (excludes halogenated alkanes) is 2. The number of ether oxygens (including phenoxy) is 2. The van der Waals surface area contributed by atoms with Gasteiger partial charge in [0.25, 0.3) is 0 Å². The van der Waals surface area contributed by atoms with Crippen LogP contribution in [0.4, 0.5) is 0 Å². The molecule has 1 aromatic carbocycles. The molecule has 0 aromatic heterocycles. The maximum Gasteiger partial charge on any atom is 0.191 e. The molecule has 6 nitrogen and oxygen atoms in total. The van der Waals surface area contributed by atoms with Crippen LogP contribution in [0.2, 0.25) is 0 Å². The molecule has 28 heavy (non-hydrogen) atoms. The number of nitrogens with zero attached hydrogens (tertiary/aromatic N) is 2. The Hall–Kier alpha value is -1.79. The Kier molecular flexibility index (Phi) is 10.8. The minimum atomic E-state index is 0.311. The lowest BCUT2D eigenvalue weighted by molar-refractivity contribution is 0.192. The first-order valence-corrected chi connectivity index (χ1v) is 10.7. The fourth-order valence-electron chi connectivity index (χ4n) is 3.59. The second-order valence-electron chi connectivity index (χ2n) is 7.23. The van der Waals surface area contributed by atoms with Crippen molar-refractivity contribution in [2.24, 2.45) is 4.99 Å². The van der Waals surface area contributed by atoms with Crippen molar-refractivity contribution in [2.75, 3.05) is 53.6 Å². The molecule has 2 N–H and O–H groups in total. The Bertz CT molecular complexity index is 556. The van der Waals surface area contributed by atoms with Crippen molar-refractivity contribution in [2.45, 2.75) is 45.1 Å². The molecule has 0 bridgehead atoms. The molecule has 1 aliphatic rings. The quantitative estimate of drug-likeness (QED) is 0.326. The highest BCUT2D eigenvalue weighted by molar-refractivity contribution is 5.79. The van der Waals surface area contributed by atoms with Gasteiger partial charge in [-0.1, -0.05) is 12.1 Å². The molecule has 0 saturated carbocycles. The first kappa shape index (κ1) is 22.5. The van der Waals surface area contributed by atoms with Gasteiger partial charge in [-0.05, 0) is 69.8 Å². The van der Waals surface area contributed by atoms with Crippen LogP contribution in [0, 0.1) is 0 Å². The molecule has 1 aromatic rings. The molecular weight excluding hydrogens is 352 g/mol. The summed E-state index contributed by atoms with van der Waals surface area (Å²) in [5.74, 6) is 1.81. The molecule has 1 unspecified atom stereocenters. The number of hydrogen-bond acceptors (Lipinski definition) is 4. The third kappa shape index (κ3) is 7.68. The van der Waals surface area contributed by atoms with Gasteiger partial charge in [-0.15, -0.1) is 0 Å². The monoisotopic (exact) mass is 390 g/mol. The van der Waals surface area contributed by atoms with Crippen molar-refractivity contribution in [1.29, 1.82) is 0 Å². The Morgan fingerprint density at radius 2 is 1.82 bits per heavy atom. The molecule has 1 fully saturated rings. The molecule has 1 saturated heterocycles. The van der Waals surface area contributed by atoms with E-state index in [1.165, 1.54) is 24.8 Å². The van der Waals surface area contributed by atoms with Crippen LogP contribution in [0.15, 0.2) is 29.3 Å². The van der Waals surface area contributed by atoms with Gasteiger partial charge in [0.2, 0.25) is 0 Å². The summed E-state index contributed by atoms with van der Waals surface area (Å²) < 4.78 is 10.4. The standard InChI is InChI=1S/C22H38N4O2/c1-4-23-22(24-14-6-5-9-17-27-2)25-18-21(26-15-7-8-16-26)19-10-12-20(28-3)13-11-19/h10-13,21H,4-9,14-18H2,1-3H3,(H2,23,24,25). The molecule has 1 atom stereocenters. The number of likely N-dealkylation sites (tertiary alicyclic amines) is 1. The van der Waals surface area contributed by atoms with E-state index in [1.54, 1.807) is 14.2 Å². The minimum Gasteiger partial charge on any atom is -0.497 e. The van der Waals surface area contributed by atoms with E-state index in [-0.39, 0.29) is 0 Å². The van der Waals surface area contributed by atoms with Crippen molar-refractivity contribution in [3.8, 4) is 5.75 Å². The van der Waals surface area contributed by atoms with Gasteiger partial charge in [0, 0.05) is 26.8 Å². The van der Waals surface area contributed by atoms with E-state index >= 15 is 0 Å². The van der Waals surface area contributed by atoms with Crippen molar-refractivity contribution < 1.29 is 9.47 Å². The smallest absolute Gasteiger partial charge is 0.191 e. The number of guanidine groups is 1. The van der Waals surface area contributed by atoms with Gasteiger partial charge in [-0.2, -0.15) is 0 Å². The lowest BCUT2D eigenvalue weighted by Crippen LogP contribution is -2.38. The van der Waals surface area contributed by atoms with E-state index in [4.69, 9.17) is 14.5 Å². The average Bonchev–Trinajstić information content (AvgIpc) is 3.25. The second-order valence-corrected chi connectivity index (χ2v) is 7.23. The Morgan fingerprint density at radius 1 is 1.07 bits per heavy atom. The number of aliphatic imine (C=N–C) groups is 1. The van der Waals surface area contributed by atoms with Gasteiger partial charge >= 0.3 is 0 Å². The summed E-state index contributed by atoms with van der Waals surface area (Å²) in [6.07, 6.45) is 5.96. The van der Waals surface area contributed by atoms with Gasteiger partial charge in [0.05, 0.1) is 19.7 Å². The molecule has 0 amide bonds. The lowest BCUT2D eigenvalue weighted by Gasteiger charge is -2.27. The zero-order valence-electron chi connectivity index (χ0n) is 17.9. The fraction of sp³-hybridized carbons (Fsp3) is 0.682. The summed E-state index contributed by atoms with van der Waals surface area (Å²) >= 11 is 0. The molecular formula is C22H38N4O2. The van der Waals surface area contributed by atoms with E-state index < -0.39 is 0 Å². The first-order chi connectivity index (χ1) is 13.8. The largest absolute Gasteiger partial charge is 0.497 e. The normalized spacial score (nSPS) is 16.2. The Balaban J connectivity index is 1.96. The summed E-state index contributed by atoms with van der Waals surface area (Å²) in [4.78, 5) is 7.46. The van der Waals surface area contributed by atoms with E-state index in [1.807, 2.05) is 12.1 Å². The average molecular weight is 391 g/mol. The summed E-state index contributed by atoms with van der Waals surface area (Å²) in [5, 5.41) is 6.85. The third-order valence-electron chi connectivity index (χ3n) is 5.17. The van der Waals surface area contributed by atoms with Gasteiger partial charge in [0.1, 0.15) is 5.75 Å². The zero-order chi connectivity index (χ0) is 20.0. The van der Waals surface area contributed by atoms with Crippen LogP contribution in [0.25, 0.3) is 0 Å². The molecule has 0 radical (unpaired) electrons. The van der Waals surface area contributed by atoms with Crippen molar-refractivity contribution in [3.63, 3.8) is 0 Å². The van der Waals surface area contributed by atoms with Crippen molar-refractivity contribution in [1.82, 2.24) is 15.5 Å². The van der Waals surface area contributed by atoms with Crippen LogP contribution in [0.1, 0.15) is 50.6 Å². The van der Waals surface area contributed by atoms with Gasteiger partial charge in [-0.25, -0.2) is 0 Å². The summed E-state index contributed by atoms with van der Waals surface area (Å²) in [6, 6.07) is 8.75. The fourth-order valence-corrected chi connectivity index (χ4v) is 3.59. The molecule has 2 rings (SSSR count). The summed E-state index contributed by atoms with van der Waals surface area (Å²) in [6.45, 7) is 7.81. The van der Waals surface area contributed by atoms with Crippen molar-refractivity contribution in [3.05, 3.63) is 29.8 Å². The number of hydrogen-bond donors (Lipinski definition) is 2.